The lowest BCUT2D eigenvalue weighted by atomic mass is 10.3. The molecule has 0 aliphatic carbocycles. The van der Waals surface area contributed by atoms with Crippen LogP contribution in [0, 0.1) is 0 Å². The van der Waals surface area contributed by atoms with Crippen molar-refractivity contribution in [2.24, 2.45) is 0 Å². The Bertz CT molecular complexity index is 248. The van der Waals surface area contributed by atoms with Crippen LogP contribution in [-0.2, 0) is 0 Å². The molecule has 4 nitrogen and oxygen atoms in total. The highest BCUT2D eigenvalue weighted by Gasteiger charge is 2.09. The third-order valence-corrected chi connectivity index (χ3v) is 1.90. The predicted molar refractivity (Wildman–Crippen MR) is 46.1 cm³/mol. The standard InChI is InChI=1S/C7H10N2O2S/c1-5(2-10)9-7(11)6-3-12-4-8-6/h3-5,10H,2H2,1H3,(H,9,11)/t5-/m0/s1. The molecule has 0 saturated heterocycles. The highest BCUT2D eigenvalue weighted by molar-refractivity contribution is 7.07. The monoisotopic (exact) mass is 186 g/mol. The third-order valence-electron chi connectivity index (χ3n) is 1.32. The van der Waals surface area contributed by atoms with Crippen LogP contribution in [0.15, 0.2) is 10.9 Å². The second-order valence-corrected chi connectivity index (χ2v) is 3.15. The van der Waals surface area contributed by atoms with E-state index in [1.54, 1.807) is 17.8 Å². The fourth-order valence-corrected chi connectivity index (χ4v) is 1.20. The molecule has 1 heterocycles. The van der Waals surface area contributed by atoms with Crippen molar-refractivity contribution in [2.75, 3.05) is 6.61 Å². The Morgan fingerprint density at radius 1 is 1.92 bits per heavy atom. The highest BCUT2D eigenvalue weighted by atomic mass is 32.1. The number of thiazole rings is 1. The first-order chi connectivity index (χ1) is 5.74. The van der Waals surface area contributed by atoms with Crippen molar-refractivity contribution < 1.29 is 9.90 Å². The maximum Gasteiger partial charge on any atom is 0.271 e. The van der Waals surface area contributed by atoms with Crippen molar-refractivity contribution in [3.8, 4) is 0 Å². The molecule has 0 saturated carbocycles. The lowest BCUT2D eigenvalue weighted by molar-refractivity contribution is 0.0918. The van der Waals surface area contributed by atoms with Crippen molar-refractivity contribution in [3.63, 3.8) is 0 Å². The molecule has 1 aromatic rings. The number of hydrogen-bond acceptors (Lipinski definition) is 4. The predicted octanol–water partition coefficient (Wildman–Crippen LogP) is 0.254. The summed E-state index contributed by atoms with van der Waals surface area (Å²) in [6.07, 6.45) is 0. The average molecular weight is 186 g/mol. The molecule has 1 atom stereocenters. The number of hydrogen-bond donors (Lipinski definition) is 2. The summed E-state index contributed by atoms with van der Waals surface area (Å²) in [5, 5.41) is 12.9. The van der Waals surface area contributed by atoms with E-state index in [9.17, 15) is 4.79 Å². The maximum atomic E-state index is 11.2. The molecule has 0 aliphatic heterocycles. The Labute approximate surface area is 74.3 Å². The van der Waals surface area contributed by atoms with Crippen LogP contribution in [0.3, 0.4) is 0 Å². The summed E-state index contributed by atoms with van der Waals surface area (Å²) in [6.45, 7) is 1.67. The minimum atomic E-state index is -0.238. The zero-order valence-corrected chi connectivity index (χ0v) is 7.47. The maximum absolute atomic E-state index is 11.2. The molecule has 2 N–H and O–H groups in total. The van der Waals surface area contributed by atoms with E-state index in [2.05, 4.69) is 10.3 Å². The van der Waals surface area contributed by atoms with Gasteiger partial charge in [-0.3, -0.25) is 4.79 Å². The first-order valence-electron chi connectivity index (χ1n) is 3.54. The Morgan fingerprint density at radius 2 is 2.67 bits per heavy atom. The fourth-order valence-electron chi connectivity index (χ4n) is 0.668. The van der Waals surface area contributed by atoms with Crippen LogP contribution in [0.4, 0.5) is 0 Å². The van der Waals surface area contributed by atoms with E-state index in [-0.39, 0.29) is 18.6 Å². The largest absolute Gasteiger partial charge is 0.394 e. The van der Waals surface area contributed by atoms with E-state index in [0.29, 0.717) is 5.69 Å². The summed E-state index contributed by atoms with van der Waals surface area (Å²) in [5.74, 6) is -0.238. The fraction of sp³-hybridized carbons (Fsp3) is 0.429. The average Bonchev–Trinajstić information content (AvgIpc) is 2.56. The van der Waals surface area contributed by atoms with Crippen LogP contribution < -0.4 is 5.32 Å². The van der Waals surface area contributed by atoms with Gasteiger partial charge in [0, 0.05) is 11.4 Å². The summed E-state index contributed by atoms with van der Waals surface area (Å²) in [7, 11) is 0. The topological polar surface area (TPSA) is 62.2 Å². The Morgan fingerprint density at radius 3 is 3.17 bits per heavy atom. The Balaban J connectivity index is 2.50. The SMILES string of the molecule is C[C@@H](CO)NC(=O)c1cscn1. The van der Waals surface area contributed by atoms with Gasteiger partial charge in [-0.2, -0.15) is 0 Å². The van der Waals surface area contributed by atoms with E-state index in [4.69, 9.17) is 5.11 Å². The van der Waals surface area contributed by atoms with Crippen LogP contribution in [0.1, 0.15) is 17.4 Å². The van der Waals surface area contributed by atoms with Crippen LogP contribution in [0.25, 0.3) is 0 Å². The quantitative estimate of drug-likeness (QED) is 0.711. The molecule has 5 heteroatoms. The molecular weight excluding hydrogens is 176 g/mol. The van der Waals surface area contributed by atoms with Crippen molar-refractivity contribution in [1.29, 1.82) is 0 Å². The number of aliphatic hydroxyl groups is 1. The second-order valence-electron chi connectivity index (χ2n) is 2.43. The van der Waals surface area contributed by atoms with Crippen molar-refractivity contribution in [1.82, 2.24) is 10.3 Å². The lowest BCUT2D eigenvalue weighted by Crippen LogP contribution is -2.35. The van der Waals surface area contributed by atoms with Gasteiger partial charge in [0.25, 0.3) is 5.91 Å². The number of carbonyl (C=O) groups excluding carboxylic acids is 1. The zero-order valence-electron chi connectivity index (χ0n) is 6.65. The van der Waals surface area contributed by atoms with Crippen molar-refractivity contribution in [2.45, 2.75) is 13.0 Å². The van der Waals surface area contributed by atoms with Gasteiger partial charge in [0.15, 0.2) is 0 Å². The molecular formula is C7H10N2O2S. The van der Waals surface area contributed by atoms with E-state index in [0.717, 1.165) is 0 Å². The van der Waals surface area contributed by atoms with Gasteiger partial charge < -0.3 is 10.4 Å². The summed E-state index contributed by atoms with van der Waals surface area (Å²) in [4.78, 5) is 15.0. The number of carbonyl (C=O) groups is 1. The molecule has 0 bridgehead atoms. The first-order valence-corrected chi connectivity index (χ1v) is 4.48. The van der Waals surface area contributed by atoms with Gasteiger partial charge >= 0.3 is 0 Å². The smallest absolute Gasteiger partial charge is 0.271 e. The number of aliphatic hydroxyl groups excluding tert-OH is 1. The molecule has 0 aromatic carbocycles. The third kappa shape index (κ3) is 2.28. The van der Waals surface area contributed by atoms with Crippen LogP contribution >= 0.6 is 11.3 Å². The summed E-state index contributed by atoms with van der Waals surface area (Å²) in [6, 6.07) is -0.223. The van der Waals surface area contributed by atoms with Gasteiger partial charge in [0.2, 0.25) is 0 Å². The van der Waals surface area contributed by atoms with Gasteiger partial charge in [-0.05, 0) is 6.92 Å². The van der Waals surface area contributed by atoms with Gasteiger partial charge in [-0.15, -0.1) is 11.3 Å². The minimum absolute atomic E-state index is 0.0596. The van der Waals surface area contributed by atoms with E-state index in [1.165, 1.54) is 11.3 Å². The van der Waals surface area contributed by atoms with Gasteiger partial charge in [-0.25, -0.2) is 4.98 Å². The molecule has 0 fully saturated rings. The van der Waals surface area contributed by atoms with E-state index >= 15 is 0 Å². The van der Waals surface area contributed by atoms with E-state index in [1.807, 2.05) is 0 Å². The Hall–Kier alpha value is -0.940. The van der Waals surface area contributed by atoms with Gasteiger partial charge in [0.05, 0.1) is 12.1 Å². The first kappa shape index (κ1) is 9.15. The van der Waals surface area contributed by atoms with Crippen LogP contribution in [0.2, 0.25) is 0 Å². The van der Waals surface area contributed by atoms with Gasteiger partial charge in [0.1, 0.15) is 5.69 Å². The molecule has 0 spiro atoms. The molecule has 0 radical (unpaired) electrons. The minimum Gasteiger partial charge on any atom is -0.394 e. The van der Waals surface area contributed by atoms with Gasteiger partial charge in [-0.1, -0.05) is 0 Å². The summed E-state index contributed by atoms with van der Waals surface area (Å²) < 4.78 is 0. The molecule has 12 heavy (non-hydrogen) atoms. The zero-order chi connectivity index (χ0) is 8.97. The molecule has 1 aromatic heterocycles. The highest BCUT2D eigenvalue weighted by Crippen LogP contribution is 2.00. The van der Waals surface area contributed by atoms with Crippen LogP contribution in [0.5, 0.6) is 0 Å². The number of aromatic nitrogens is 1. The molecule has 0 unspecified atom stereocenters. The Kier molecular flexibility index (Phi) is 3.19. The van der Waals surface area contributed by atoms with Crippen molar-refractivity contribution in [3.05, 3.63) is 16.6 Å². The van der Waals surface area contributed by atoms with Crippen molar-refractivity contribution >= 4 is 17.2 Å². The number of rotatable bonds is 3. The lowest BCUT2D eigenvalue weighted by Gasteiger charge is -2.08. The number of amides is 1. The number of nitrogens with one attached hydrogen (secondary N) is 1. The normalized spacial score (nSPS) is 12.5. The molecule has 0 aliphatic rings. The summed E-state index contributed by atoms with van der Waals surface area (Å²) >= 11 is 1.37. The van der Waals surface area contributed by atoms with Crippen LogP contribution in [-0.4, -0.2) is 28.6 Å². The summed E-state index contributed by atoms with van der Waals surface area (Å²) in [5.41, 5.74) is 2.00. The molecule has 66 valence electrons. The molecule has 1 amide bonds. The van der Waals surface area contributed by atoms with E-state index < -0.39 is 0 Å². The molecule has 1 rings (SSSR count). The second kappa shape index (κ2) is 4.18. The number of nitrogens with zero attached hydrogens (tertiary/aromatic N) is 1.